The number of hydrogen-bond donors (Lipinski definition) is 2. The number of nitrogens with one attached hydrogen (secondary N) is 1. The van der Waals surface area contributed by atoms with Crippen LogP contribution in [0.15, 0.2) is 30.3 Å². The maximum atomic E-state index is 8.85. The molecule has 1 heterocycles. The monoisotopic (exact) mass is 258 g/mol. The van der Waals surface area contributed by atoms with Crippen LogP contribution in [0.2, 0.25) is 5.02 Å². The number of pyridine rings is 1. The molecule has 1 aromatic carbocycles. The van der Waals surface area contributed by atoms with Crippen molar-refractivity contribution in [3.8, 4) is 6.07 Å². The first-order chi connectivity index (χ1) is 8.60. The molecule has 0 unspecified atom stereocenters. The molecule has 2 rings (SSSR count). The molecule has 0 aliphatic heterocycles. The third kappa shape index (κ3) is 2.53. The number of rotatable bonds is 2. The highest BCUT2D eigenvalue weighted by Gasteiger charge is 2.05. The molecule has 0 bridgehead atoms. The molecule has 0 amide bonds. The van der Waals surface area contributed by atoms with E-state index >= 15 is 0 Å². The van der Waals surface area contributed by atoms with Crippen LogP contribution in [0.1, 0.15) is 11.3 Å². The standard InChI is InChI=1S/C13H11ClN4/c1-8-2-4-11(9(14)6-8)17-13-5-3-10(16)12(7-15)18-13/h2-6H,16H2,1H3,(H,17,18). The molecule has 0 radical (unpaired) electrons. The van der Waals surface area contributed by atoms with E-state index in [2.05, 4.69) is 10.3 Å². The van der Waals surface area contributed by atoms with Crippen LogP contribution in [-0.2, 0) is 0 Å². The summed E-state index contributed by atoms with van der Waals surface area (Å²) in [5, 5.41) is 12.5. The molecule has 5 heteroatoms. The Balaban J connectivity index is 2.32. The fraction of sp³-hybridized carbons (Fsp3) is 0.0769. The van der Waals surface area contributed by atoms with Gasteiger partial charge in [-0.05, 0) is 36.8 Å². The SMILES string of the molecule is Cc1ccc(Nc2ccc(N)c(C#N)n2)c(Cl)c1. The van der Waals surface area contributed by atoms with Gasteiger partial charge in [0.1, 0.15) is 11.9 Å². The summed E-state index contributed by atoms with van der Waals surface area (Å²) < 4.78 is 0. The van der Waals surface area contributed by atoms with Gasteiger partial charge in [-0.3, -0.25) is 0 Å². The molecule has 0 spiro atoms. The van der Waals surface area contributed by atoms with Gasteiger partial charge < -0.3 is 11.1 Å². The van der Waals surface area contributed by atoms with E-state index in [1.165, 1.54) is 0 Å². The lowest BCUT2D eigenvalue weighted by Gasteiger charge is -2.09. The predicted molar refractivity (Wildman–Crippen MR) is 72.8 cm³/mol. The van der Waals surface area contributed by atoms with E-state index in [4.69, 9.17) is 22.6 Å². The molecule has 0 saturated carbocycles. The highest BCUT2D eigenvalue weighted by Crippen LogP contribution is 2.26. The predicted octanol–water partition coefficient (Wildman–Crippen LogP) is 3.24. The molecule has 0 aliphatic rings. The molecule has 90 valence electrons. The van der Waals surface area contributed by atoms with E-state index in [-0.39, 0.29) is 5.69 Å². The fourth-order valence-electron chi connectivity index (χ4n) is 1.49. The molecule has 4 nitrogen and oxygen atoms in total. The summed E-state index contributed by atoms with van der Waals surface area (Å²) >= 11 is 6.10. The normalized spacial score (nSPS) is 9.83. The number of aromatic nitrogens is 1. The number of hydrogen-bond acceptors (Lipinski definition) is 4. The van der Waals surface area contributed by atoms with Gasteiger partial charge in [0.25, 0.3) is 0 Å². The van der Waals surface area contributed by atoms with Gasteiger partial charge in [-0.15, -0.1) is 0 Å². The van der Waals surface area contributed by atoms with Crippen molar-refractivity contribution in [2.75, 3.05) is 11.1 Å². The molecule has 18 heavy (non-hydrogen) atoms. The quantitative estimate of drug-likeness (QED) is 0.867. The maximum Gasteiger partial charge on any atom is 0.165 e. The second-order valence-electron chi connectivity index (χ2n) is 3.85. The molecule has 2 aromatic rings. The Kier molecular flexibility index (Phi) is 3.35. The van der Waals surface area contributed by atoms with Crippen LogP contribution in [0.25, 0.3) is 0 Å². The number of nitrogens with zero attached hydrogens (tertiary/aromatic N) is 2. The second-order valence-corrected chi connectivity index (χ2v) is 4.26. The van der Waals surface area contributed by atoms with Crippen LogP contribution in [-0.4, -0.2) is 4.98 Å². The van der Waals surface area contributed by atoms with Crippen LogP contribution in [0.3, 0.4) is 0 Å². The molecular formula is C13H11ClN4. The number of aryl methyl sites for hydroxylation is 1. The van der Waals surface area contributed by atoms with Crippen molar-refractivity contribution in [3.05, 3.63) is 46.6 Å². The van der Waals surface area contributed by atoms with Gasteiger partial charge >= 0.3 is 0 Å². The van der Waals surface area contributed by atoms with E-state index in [1.807, 2.05) is 31.2 Å². The summed E-state index contributed by atoms with van der Waals surface area (Å²) in [5.74, 6) is 0.534. The third-order valence-electron chi connectivity index (χ3n) is 2.42. The van der Waals surface area contributed by atoms with Crippen molar-refractivity contribution in [1.29, 1.82) is 5.26 Å². The maximum absolute atomic E-state index is 8.85. The zero-order chi connectivity index (χ0) is 13.1. The largest absolute Gasteiger partial charge is 0.396 e. The summed E-state index contributed by atoms with van der Waals surface area (Å²) in [6, 6.07) is 10.9. The van der Waals surface area contributed by atoms with Crippen molar-refractivity contribution in [2.24, 2.45) is 0 Å². The summed E-state index contributed by atoms with van der Waals surface area (Å²) in [7, 11) is 0. The highest BCUT2D eigenvalue weighted by atomic mass is 35.5. The van der Waals surface area contributed by atoms with Gasteiger partial charge in [0.15, 0.2) is 5.69 Å². The zero-order valence-corrected chi connectivity index (χ0v) is 10.5. The van der Waals surface area contributed by atoms with Gasteiger partial charge in [0.05, 0.1) is 16.4 Å². The van der Waals surface area contributed by atoms with E-state index in [0.717, 1.165) is 11.3 Å². The van der Waals surface area contributed by atoms with Crippen molar-refractivity contribution in [3.63, 3.8) is 0 Å². The van der Waals surface area contributed by atoms with Crippen molar-refractivity contribution in [2.45, 2.75) is 6.92 Å². The Morgan fingerprint density at radius 3 is 2.78 bits per heavy atom. The first-order valence-corrected chi connectivity index (χ1v) is 5.68. The summed E-state index contributed by atoms with van der Waals surface area (Å²) in [6.07, 6.45) is 0. The topological polar surface area (TPSA) is 74.7 Å². The molecule has 1 aromatic heterocycles. The Labute approximate surface area is 110 Å². The highest BCUT2D eigenvalue weighted by molar-refractivity contribution is 6.33. The Morgan fingerprint density at radius 2 is 2.11 bits per heavy atom. The Morgan fingerprint density at radius 1 is 1.33 bits per heavy atom. The Bertz CT molecular complexity index is 631. The van der Waals surface area contributed by atoms with Gasteiger partial charge in [0, 0.05) is 0 Å². The summed E-state index contributed by atoms with van der Waals surface area (Å²) in [4.78, 5) is 4.09. The number of benzene rings is 1. The third-order valence-corrected chi connectivity index (χ3v) is 2.73. The average Bonchev–Trinajstić information content (AvgIpc) is 2.35. The number of halogens is 1. The lowest BCUT2D eigenvalue weighted by Crippen LogP contribution is -1.99. The van der Waals surface area contributed by atoms with Crippen molar-refractivity contribution in [1.82, 2.24) is 4.98 Å². The first kappa shape index (κ1) is 12.2. The zero-order valence-electron chi connectivity index (χ0n) is 9.74. The average molecular weight is 259 g/mol. The molecule has 0 saturated heterocycles. The van der Waals surface area contributed by atoms with Gasteiger partial charge in [0.2, 0.25) is 0 Å². The van der Waals surface area contributed by atoms with Crippen LogP contribution in [0.5, 0.6) is 0 Å². The molecule has 0 fully saturated rings. The van der Waals surface area contributed by atoms with E-state index in [0.29, 0.717) is 16.5 Å². The lowest BCUT2D eigenvalue weighted by molar-refractivity contribution is 1.26. The lowest BCUT2D eigenvalue weighted by atomic mass is 10.2. The van der Waals surface area contributed by atoms with E-state index in [1.54, 1.807) is 12.1 Å². The van der Waals surface area contributed by atoms with Crippen LogP contribution < -0.4 is 11.1 Å². The summed E-state index contributed by atoms with van der Waals surface area (Å²) in [6.45, 7) is 1.96. The minimum absolute atomic E-state index is 0.197. The minimum atomic E-state index is 0.197. The van der Waals surface area contributed by atoms with Crippen LogP contribution >= 0.6 is 11.6 Å². The van der Waals surface area contributed by atoms with E-state index < -0.39 is 0 Å². The first-order valence-electron chi connectivity index (χ1n) is 5.30. The van der Waals surface area contributed by atoms with Crippen molar-refractivity contribution < 1.29 is 0 Å². The van der Waals surface area contributed by atoms with E-state index in [9.17, 15) is 0 Å². The molecular weight excluding hydrogens is 248 g/mol. The number of nitrogen functional groups attached to an aromatic ring is 1. The van der Waals surface area contributed by atoms with Gasteiger partial charge in [-0.2, -0.15) is 5.26 Å². The summed E-state index contributed by atoms with van der Waals surface area (Å²) in [5.41, 5.74) is 7.98. The Hall–Kier alpha value is -2.25. The van der Waals surface area contributed by atoms with Gasteiger partial charge in [-0.25, -0.2) is 4.98 Å². The minimum Gasteiger partial charge on any atom is -0.396 e. The van der Waals surface area contributed by atoms with Crippen molar-refractivity contribution >= 4 is 28.8 Å². The second kappa shape index (κ2) is 4.94. The molecule has 0 aliphatic carbocycles. The number of nitriles is 1. The number of anilines is 3. The van der Waals surface area contributed by atoms with Gasteiger partial charge in [-0.1, -0.05) is 17.7 Å². The fourth-order valence-corrected chi connectivity index (χ4v) is 1.77. The molecule has 0 atom stereocenters. The van der Waals surface area contributed by atoms with Crippen LogP contribution in [0, 0.1) is 18.3 Å². The molecule has 3 N–H and O–H groups in total. The van der Waals surface area contributed by atoms with Crippen LogP contribution in [0.4, 0.5) is 17.2 Å². The number of nitrogens with two attached hydrogens (primary N) is 1. The smallest absolute Gasteiger partial charge is 0.165 e.